The van der Waals surface area contributed by atoms with E-state index in [-0.39, 0.29) is 5.92 Å². The first-order chi connectivity index (χ1) is 9.54. The summed E-state index contributed by atoms with van der Waals surface area (Å²) >= 11 is 0. The maximum absolute atomic E-state index is 5.59. The van der Waals surface area contributed by atoms with Crippen molar-refractivity contribution in [1.29, 1.82) is 0 Å². The van der Waals surface area contributed by atoms with E-state index >= 15 is 0 Å². The van der Waals surface area contributed by atoms with Crippen LogP contribution >= 0.6 is 0 Å². The number of hydrogen-bond acceptors (Lipinski definition) is 6. The smallest absolute Gasteiger partial charge is 0.148 e. The van der Waals surface area contributed by atoms with Crippen LogP contribution in [0, 0.1) is 6.92 Å². The highest BCUT2D eigenvalue weighted by Gasteiger charge is 2.23. The molecule has 6 nitrogen and oxygen atoms in total. The summed E-state index contributed by atoms with van der Waals surface area (Å²) in [7, 11) is 2.09. The molecule has 0 amide bonds. The van der Waals surface area contributed by atoms with E-state index < -0.39 is 0 Å². The quantitative estimate of drug-likeness (QED) is 0.646. The number of nitrogens with two attached hydrogens (primary N) is 1. The predicted octanol–water partition coefficient (Wildman–Crippen LogP) is 1.81. The van der Waals surface area contributed by atoms with Crippen LogP contribution in [0.3, 0.4) is 0 Å². The Labute approximate surface area is 120 Å². The van der Waals surface area contributed by atoms with Crippen molar-refractivity contribution in [3.8, 4) is 0 Å². The van der Waals surface area contributed by atoms with E-state index in [0.717, 1.165) is 43.3 Å². The van der Waals surface area contributed by atoms with Gasteiger partial charge >= 0.3 is 0 Å². The van der Waals surface area contributed by atoms with Crippen LogP contribution in [-0.2, 0) is 4.74 Å². The molecule has 2 heterocycles. The topological polar surface area (TPSA) is 76.3 Å². The van der Waals surface area contributed by atoms with Crippen LogP contribution in [0.15, 0.2) is 0 Å². The fourth-order valence-electron chi connectivity index (χ4n) is 2.51. The lowest BCUT2D eigenvalue weighted by molar-refractivity contribution is 0.0853. The second-order valence-corrected chi connectivity index (χ2v) is 5.63. The first-order valence-electron chi connectivity index (χ1n) is 7.20. The van der Waals surface area contributed by atoms with Crippen molar-refractivity contribution in [2.75, 3.05) is 30.6 Å². The van der Waals surface area contributed by atoms with Crippen molar-refractivity contribution in [3.05, 3.63) is 11.4 Å². The molecule has 1 aromatic heterocycles. The minimum atomic E-state index is 0.268. The lowest BCUT2D eigenvalue weighted by Crippen LogP contribution is -2.38. The van der Waals surface area contributed by atoms with Crippen LogP contribution in [0.25, 0.3) is 0 Å². The third-order valence-corrected chi connectivity index (χ3v) is 3.86. The first-order valence-corrected chi connectivity index (χ1v) is 7.20. The fraction of sp³-hybridized carbons (Fsp3) is 0.714. The summed E-state index contributed by atoms with van der Waals surface area (Å²) in [5.74, 6) is 8.34. The molecular weight excluding hydrogens is 254 g/mol. The van der Waals surface area contributed by atoms with Crippen LogP contribution in [0.1, 0.15) is 44.0 Å². The highest BCUT2D eigenvalue weighted by atomic mass is 16.5. The minimum Gasteiger partial charge on any atom is -0.381 e. The highest BCUT2D eigenvalue weighted by Crippen LogP contribution is 2.28. The Morgan fingerprint density at radius 2 is 1.95 bits per heavy atom. The second-order valence-electron chi connectivity index (χ2n) is 5.63. The van der Waals surface area contributed by atoms with Crippen LogP contribution < -0.4 is 16.2 Å². The normalized spacial score (nSPS) is 16.5. The molecular formula is C14H25N5O. The van der Waals surface area contributed by atoms with E-state index in [1.54, 1.807) is 0 Å². The molecule has 0 aliphatic carbocycles. The van der Waals surface area contributed by atoms with E-state index in [0.29, 0.717) is 11.9 Å². The van der Waals surface area contributed by atoms with Crippen LogP contribution in [-0.4, -0.2) is 36.3 Å². The van der Waals surface area contributed by atoms with Crippen LogP contribution in [0.4, 0.5) is 11.6 Å². The van der Waals surface area contributed by atoms with E-state index in [4.69, 9.17) is 15.6 Å². The molecule has 1 aromatic rings. The standard InChI is InChI=1S/C14H25N5O/c1-9(2)12-16-13(18-15)10(3)14(17-12)19(4)11-5-7-20-8-6-11/h9,11H,5-8,15H2,1-4H3,(H,16,17,18). The molecule has 0 spiro atoms. The number of hydrazine groups is 1. The number of nitrogens with zero attached hydrogens (tertiary/aromatic N) is 3. The number of ether oxygens (including phenoxy) is 1. The molecule has 0 atom stereocenters. The van der Waals surface area contributed by atoms with Gasteiger partial charge in [-0.2, -0.15) is 0 Å². The Bertz CT molecular complexity index is 457. The molecule has 0 unspecified atom stereocenters. The van der Waals surface area contributed by atoms with Gasteiger partial charge in [0.25, 0.3) is 0 Å². The largest absolute Gasteiger partial charge is 0.381 e. The van der Waals surface area contributed by atoms with E-state index in [1.165, 1.54) is 0 Å². The number of nitrogen functional groups attached to an aromatic ring is 1. The molecule has 112 valence electrons. The summed E-state index contributed by atoms with van der Waals surface area (Å²) in [4.78, 5) is 11.5. The van der Waals surface area contributed by atoms with E-state index in [9.17, 15) is 0 Å². The maximum Gasteiger partial charge on any atom is 0.148 e. The average molecular weight is 279 g/mol. The molecule has 6 heteroatoms. The molecule has 1 aliphatic heterocycles. The number of hydrogen-bond donors (Lipinski definition) is 2. The van der Waals surface area contributed by atoms with Crippen molar-refractivity contribution < 1.29 is 4.74 Å². The summed E-state index contributed by atoms with van der Waals surface area (Å²) in [6.45, 7) is 7.81. The van der Waals surface area contributed by atoms with Crippen molar-refractivity contribution in [1.82, 2.24) is 9.97 Å². The summed E-state index contributed by atoms with van der Waals surface area (Å²) in [6.07, 6.45) is 2.06. The minimum absolute atomic E-state index is 0.268. The fourth-order valence-corrected chi connectivity index (χ4v) is 2.51. The van der Waals surface area contributed by atoms with Gasteiger partial charge in [0, 0.05) is 37.8 Å². The van der Waals surface area contributed by atoms with Gasteiger partial charge in [0.2, 0.25) is 0 Å². The first kappa shape index (κ1) is 15.0. The summed E-state index contributed by atoms with van der Waals surface area (Å²) < 4.78 is 5.43. The van der Waals surface area contributed by atoms with Gasteiger partial charge in [-0.25, -0.2) is 15.8 Å². The predicted molar refractivity (Wildman–Crippen MR) is 80.9 cm³/mol. The zero-order valence-electron chi connectivity index (χ0n) is 12.8. The average Bonchev–Trinajstić information content (AvgIpc) is 2.47. The molecule has 3 N–H and O–H groups in total. The molecule has 1 aliphatic rings. The third kappa shape index (κ3) is 3.02. The molecule has 0 bridgehead atoms. The Morgan fingerprint density at radius 1 is 1.30 bits per heavy atom. The maximum atomic E-state index is 5.59. The molecule has 1 fully saturated rings. The van der Waals surface area contributed by atoms with Gasteiger partial charge in [0.1, 0.15) is 17.5 Å². The Balaban J connectivity index is 2.35. The van der Waals surface area contributed by atoms with E-state index in [2.05, 4.69) is 36.2 Å². The van der Waals surface area contributed by atoms with Crippen molar-refractivity contribution in [2.24, 2.45) is 5.84 Å². The van der Waals surface area contributed by atoms with Crippen LogP contribution in [0.2, 0.25) is 0 Å². The Hall–Kier alpha value is -1.40. The number of rotatable bonds is 4. The number of aromatic nitrogens is 2. The van der Waals surface area contributed by atoms with Crippen molar-refractivity contribution >= 4 is 11.6 Å². The molecule has 2 rings (SSSR count). The van der Waals surface area contributed by atoms with Gasteiger partial charge in [0.15, 0.2) is 0 Å². The SMILES string of the molecule is Cc1c(NN)nc(C(C)C)nc1N(C)C1CCOCC1. The van der Waals surface area contributed by atoms with Gasteiger partial charge < -0.3 is 15.1 Å². The van der Waals surface area contributed by atoms with Gasteiger partial charge in [-0.3, -0.25) is 0 Å². The zero-order valence-corrected chi connectivity index (χ0v) is 12.8. The molecule has 0 saturated carbocycles. The van der Waals surface area contributed by atoms with Gasteiger partial charge in [-0.1, -0.05) is 13.8 Å². The van der Waals surface area contributed by atoms with Gasteiger partial charge in [-0.15, -0.1) is 0 Å². The molecule has 1 saturated heterocycles. The molecule has 0 aromatic carbocycles. The lowest BCUT2D eigenvalue weighted by atomic mass is 10.1. The van der Waals surface area contributed by atoms with Gasteiger partial charge in [-0.05, 0) is 19.8 Å². The number of nitrogens with one attached hydrogen (secondary N) is 1. The molecule has 0 radical (unpaired) electrons. The summed E-state index contributed by atoms with van der Waals surface area (Å²) in [5, 5.41) is 0. The third-order valence-electron chi connectivity index (χ3n) is 3.86. The van der Waals surface area contributed by atoms with Gasteiger partial charge in [0.05, 0.1) is 0 Å². The van der Waals surface area contributed by atoms with Crippen molar-refractivity contribution in [2.45, 2.75) is 45.6 Å². The molecule has 20 heavy (non-hydrogen) atoms. The Morgan fingerprint density at radius 3 is 2.50 bits per heavy atom. The number of anilines is 2. The van der Waals surface area contributed by atoms with Crippen LogP contribution in [0.5, 0.6) is 0 Å². The lowest BCUT2D eigenvalue weighted by Gasteiger charge is -2.33. The second kappa shape index (κ2) is 6.37. The van der Waals surface area contributed by atoms with E-state index in [1.807, 2.05) is 6.92 Å². The Kier molecular flexibility index (Phi) is 4.77. The summed E-state index contributed by atoms with van der Waals surface area (Å²) in [5.41, 5.74) is 3.68. The summed E-state index contributed by atoms with van der Waals surface area (Å²) in [6, 6.07) is 0.461. The monoisotopic (exact) mass is 279 g/mol. The zero-order chi connectivity index (χ0) is 14.7. The highest BCUT2D eigenvalue weighted by molar-refractivity contribution is 5.58. The van der Waals surface area contributed by atoms with Crippen molar-refractivity contribution in [3.63, 3.8) is 0 Å².